The number of aliphatic hydroxyl groups is 1. The van der Waals surface area contributed by atoms with Gasteiger partial charge in [-0.15, -0.1) is 0 Å². The first kappa shape index (κ1) is 14.0. The molecule has 1 aromatic carbocycles. The first-order chi connectivity index (χ1) is 9.78. The molecule has 5 nitrogen and oxygen atoms in total. The maximum atomic E-state index is 11.6. The number of carbonyl (C=O) groups excluding carboxylic acids is 1. The van der Waals surface area contributed by atoms with Gasteiger partial charge in [0.2, 0.25) is 0 Å². The summed E-state index contributed by atoms with van der Waals surface area (Å²) < 4.78 is 5.08. The summed E-state index contributed by atoms with van der Waals surface area (Å²) in [6, 6.07) is 12.9. The minimum absolute atomic E-state index is 0.0770. The zero-order chi connectivity index (χ0) is 14.2. The second kappa shape index (κ2) is 7.25. The largest absolute Gasteiger partial charge is 0.444 e. The fourth-order valence-electron chi connectivity index (χ4n) is 1.64. The molecule has 0 aliphatic heterocycles. The van der Waals surface area contributed by atoms with Gasteiger partial charge in [-0.05, 0) is 23.6 Å². The molecule has 104 valence electrons. The van der Waals surface area contributed by atoms with Gasteiger partial charge in [0.05, 0.1) is 0 Å². The van der Waals surface area contributed by atoms with E-state index in [4.69, 9.17) is 9.84 Å². The number of nitrogens with one attached hydrogen (secondary N) is 1. The van der Waals surface area contributed by atoms with Crippen molar-refractivity contribution in [2.24, 2.45) is 0 Å². The van der Waals surface area contributed by atoms with Crippen molar-refractivity contribution in [2.45, 2.75) is 13.0 Å². The van der Waals surface area contributed by atoms with Gasteiger partial charge in [0.25, 0.3) is 0 Å². The predicted molar refractivity (Wildman–Crippen MR) is 75.3 cm³/mol. The van der Waals surface area contributed by atoms with E-state index in [1.54, 1.807) is 18.3 Å². The van der Waals surface area contributed by atoms with Crippen molar-refractivity contribution in [1.82, 2.24) is 4.98 Å². The number of aliphatic hydroxyl groups excluding tert-OH is 1. The molecule has 0 radical (unpaired) electrons. The number of hydrogen-bond donors (Lipinski definition) is 2. The third-order valence-electron chi connectivity index (χ3n) is 2.67. The molecule has 0 unspecified atom stereocenters. The number of carbonyl (C=O) groups is 1. The number of aromatic nitrogens is 1. The van der Waals surface area contributed by atoms with E-state index in [2.05, 4.69) is 10.3 Å². The van der Waals surface area contributed by atoms with Crippen LogP contribution >= 0.6 is 0 Å². The molecule has 0 fully saturated rings. The standard InChI is InChI=1S/C15H16N2O3/c18-9-8-12-6-7-14(16-10-12)17-15(19)20-11-13-4-2-1-3-5-13/h1-7,10,18H,8-9,11H2,(H,16,17,19). The second-order valence-corrected chi connectivity index (χ2v) is 4.21. The van der Waals surface area contributed by atoms with Gasteiger partial charge in [-0.3, -0.25) is 5.32 Å². The summed E-state index contributed by atoms with van der Waals surface area (Å²) in [5.41, 5.74) is 1.84. The maximum Gasteiger partial charge on any atom is 0.413 e. The summed E-state index contributed by atoms with van der Waals surface area (Å²) >= 11 is 0. The van der Waals surface area contributed by atoms with Crippen molar-refractivity contribution >= 4 is 11.9 Å². The summed E-state index contributed by atoms with van der Waals surface area (Å²) in [4.78, 5) is 15.7. The average Bonchev–Trinajstić information content (AvgIpc) is 2.49. The number of nitrogens with zero attached hydrogens (tertiary/aromatic N) is 1. The molecule has 0 saturated carbocycles. The molecule has 2 aromatic rings. The van der Waals surface area contributed by atoms with Crippen LogP contribution < -0.4 is 5.32 Å². The molecule has 0 bridgehead atoms. The van der Waals surface area contributed by atoms with Crippen LogP contribution in [0, 0.1) is 0 Å². The van der Waals surface area contributed by atoms with E-state index in [1.807, 2.05) is 30.3 Å². The maximum absolute atomic E-state index is 11.6. The van der Waals surface area contributed by atoms with Crippen molar-refractivity contribution in [2.75, 3.05) is 11.9 Å². The highest BCUT2D eigenvalue weighted by atomic mass is 16.5. The molecule has 20 heavy (non-hydrogen) atoms. The van der Waals surface area contributed by atoms with Crippen molar-refractivity contribution < 1.29 is 14.6 Å². The SMILES string of the molecule is O=C(Nc1ccc(CCO)cn1)OCc1ccccc1. The lowest BCUT2D eigenvalue weighted by molar-refractivity contribution is 0.155. The van der Waals surface area contributed by atoms with Crippen molar-refractivity contribution in [3.8, 4) is 0 Å². The number of amides is 1. The van der Waals surface area contributed by atoms with Crippen molar-refractivity contribution in [1.29, 1.82) is 0 Å². The fourth-order valence-corrected chi connectivity index (χ4v) is 1.64. The highest BCUT2D eigenvalue weighted by molar-refractivity contribution is 5.83. The van der Waals surface area contributed by atoms with E-state index in [0.717, 1.165) is 11.1 Å². The Morgan fingerprint density at radius 1 is 1.15 bits per heavy atom. The van der Waals surface area contributed by atoms with Crippen LogP contribution in [0.1, 0.15) is 11.1 Å². The summed E-state index contributed by atoms with van der Waals surface area (Å²) in [7, 11) is 0. The van der Waals surface area contributed by atoms with Crippen molar-refractivity contribution in [3.05, 3.63) is 59.8 Å². The molecule has 0 spiro atoms. The van der Waals surface area contributed by atoms with E-state index >= 15 is 0 Å². The molecule has 5 heteroatoms. The number of ether oxygens (including phenoxy) is 1. The third-order valence-corrected chi connectivity index (χ3v) is 2.67. The molecule has 0 aliphatic rings. The van der Waals surface area contributed by atoms with Crippen LogP contribution in [0.4, 0.5) is 10.6 Å². The van der Waals surface area contributed by atoms with Crippen LogP contribution in [-0.2, 0) is 17.8 Å². The molecular weight excluding hydrogens is 256 g/mol. The minimum atomic E-state index is -0.545. The van der Waals surface area contributed by atoms with Crippen LogP contribution in [0.25, 0.3) is 0 Å². The van der Waals surface area contributed by atoms with Crippen LogP contribution in [0.3, 0.4) is 0 Å². The number of pyridine rings is 1. The second-order valence-electron chi connectivity index (χ2n) is 4.21. The molecule has 2 rings (SSSR count). The lowest BCUT2D eigenvalue weighted by Crippen LogP contribution is -2.14. The van der Waals surface area contributed by atoms with Gasteiger partial charge in [0, 0.05) is 12.8 Å². The molecule has 2 N–H and O–H groups in total. The number of rotatable bonds is 5. The quantitative estimate of drug-likeness (QED) is 0.876. The van der Waals surface area contributed by atoms with E-state index in [0.29, 0.717) is 12.2 Å². The molecule has 1 amide bonds. The van der Waals surface area contributed by atoms with Gasteiger partial charge in [0.15, 0.2) is 0 Å². The lowest BCUT2D eigenvalue weighted by atomic mass is 10.2. The molecule has 0 atom stereocenters. The Morgan fingerprint density at radius 2 is 1.95 bits per heavy atom. The first-order valence-electron chi connectivity index (χ1n) is 6.31. The summed E-state index contributed by atoms with van der Waals surface area (Å²) in [6.45, 7) is 0.294. The Hall–Kier alpha value is -2.40. The van der Waals surface area contributed by atoms with Gasteiger partial charge in [-0.1, -0.05) is 36.4 Å². The van der Waals surface area contributed by atoms with Crippen LogP contribution in [-0.4, -0.2) is 22.8 Å². The van der Waals surface area contributed by atoms with Gasteiger partial charge in [-0.2, -0.15) is 0 Å². The van der Waals surface area contributed by atoms with Gasteiger partial charge < -0.3 is 9.84 Å². The zero-order valence-electron chi connectivity index (χ0n) is 11.0. The van der Waals surface area contributed by atoms with E-state index in [1.165, 1.54) is 0 Å². The van der Waals surface area contributed by atoms with Crippen LogP contribution in [0.5, 0.6) is 0 Å². The number of benzene rings is 1. The van der Waals surface area contributed by atoms with Gasteiger partial charge in [0.1, 0.15) is 12.4 Å². The highest BCUT2D eigenvalue weighted by Crippen LogP contribution is 2.07. The smallest absolute Gasteiger partial charge is 0.413 e. The molecule has 0 aliphatic carbocycles. The van der Waals surface area contributed by atoms with E-state index in [-0.39, 0.29) is 13.2 Å². The Labute approximate surface area is 117 Å². The number of hydrogen-bond acceptors (Lipinski definition) is 4. The lowest BCUT2D eigenvalue weighted by Gasteiger charge is -2.07. The first-order valence-corrected chi connectivity index (χ1v) is 6.31. The monoisotopic (exact) mass is 272 g/mol. The van der Waals surface area contributed by atoms with Gasteiger partial charge >= 0.3 is 6.09 Å². The van der Waals surface area contributed by atoms with E-state index < -0.39 is 6.09 Å². The predicted octanol–water partition coefficient (Wildman–Crippen LogP) is 2.37. The molecule has 0 saturated heterocycles. The number of anilines is 1. The van der Waals surface area contributed by atoms with Crippen LogP contribution in [0.15, 0.2) is 48.7 Å². The topological polar surface area (TPSA) is 71.5 Å². The normalized spacial score (nSPS) is 10.1. The Kier molecular flexibility index (Phi) is 5.08. The Morgan fingerprint density at radius 3 is 2.60 bits per heavy atom. The Balaban J connectivity index is 1.82. The highest BCUT2D eigenvalue weighted by Gasteiger charge is 2.04. The molecule has 1 aromatic heterocycles. The minimum Gasteiger partial charge on any atom is -0.444 e. The van der Waals surface area contributed by atoms with Crippen molar-refractivity contribution in [3.63, 3.8) is 0 Å². The van der Waals surface area contributed by atoms with Crippen LogP contribution in [0.2, 0.25) is 0 Å². The fraction of sp³-hybridized carbons (Fsp3) is 0.200. The van der Waals surface area contributed by atoms with Gasteiger partial charge in [-0.25, -0.2) is 9.78 Å². The molecular formula is C15H16N2O3. The van der Waals surface area contributed by atoms with E-state index in [9.17, 15) is 4.79 Å². The summed E-state index contributed by atoms with van der Waals surface area (Å²) in [5.74, 6) is 0.421. The Bertz CT molecular complexity index is 541. The summed E-state index contributed by atoms with van der Waals surface area (Å²) in [6.07, 6.45) is 1.62. The molecule has 1 heterocycles. The summed E-state index contributed by atoms with van der Waals surface area (Å²) in [5, 5.41) is 11.3. The zero-order valence-corrected chi connectivity index (χ0v) is 11.0. The third kappa shape index (κ3) is 4.37. The average molecular weight is 272 g/mol.